The molecule has 0 N–H and O–H groups in total. The second-order valence-electron chi connectivity index (χ2n) is 3.75. The summed E-state index contributed by atoms with van der Waals surface area (Å²) >= 11 is 0. The number of methoxy groups -OCH3 is 1. The zero-order valence-electron chi connectivity index (χ0n) is 9.05. The van der Waals surface area contributed by atoms with Gasteiger partial charge in [-0.15, -0.1) is 0 Å². The van der Waals surface area contributed by atoms with E-state index in [1.165, 1.54) is 7.11 Å². The largest absolute Gasteiger partial charge is 0.467 e. The first-order valence-corrected chi connectivity index (χ1v) is 5.13. The number of benzene rings is 1. The number of nitrogens with zero attached hydrogens (tertiary/aromatic N) is 1. The minimum Gasteiger partial charge on any atom is -0.467 e. The number of hydrogen-bond donors (Lipinski definition) is 0. The number of β-lactam (4-membered cyclic amide) rings is 1. The topological polar surface area (TPSA) is 46.6 Å². The quantitative estimate of drug-likeness (QED) is 0.562. The van der Waals surface area contributed by atoms with E-state index >= 15 is 0 Å². The lowest BCUT2D eigenvalue weighted by atomic mass is 10.0. The number of rotatable bonds is 3. The molecule has 0 aromatic heterocycles. The summed E-state index contributed by atoms with van der Waals surface area (Å²) in [5, 5.41) is 0. The first-order valence-electron chi connectivity index (χ1n) is 5.13. The molecule has 0 aliphatic carbocycles. The van der Waals surface area contributed by atoms with E-state index in [0.717, 1.165) is 5.56 Å². The molecule has 1 aromatic carbocycles. The number of amides is 1. The minimum absolute atomic E-state index is 0.000692. The van der Waals surface area contributed by atoms with Crippen LogP contribution in [0.3, 0.4) is 0 Å². The van der Waals surface area contributed by atoms with Crippen molar-refractivity contribution in [3.8, 4) is 0 Å². The summed E-state index contributed by atoms with van der Waals surface area (Å²) in [5.74, 6) is -0.338. The number of esters is 1. The van der Waals surface area contributed by atoms with Crippen molar-refractivity contribution < 1.29 is 14.3 Å². The van der Waals surface area contributed by atoms with E-state index in [1.54, 1.807) is 4.90 Å². The van der Waals surface area contributed by atoms with E-state index < -0.39 is 6.04 Å². The fourth-order valence-electron chi connectivity index (χ4n) is 1.78. The molecule has 1 saturated heterocycles. The van der Waals surface area contributed by atoms with Crippen LogP contribution < -0.4 is 0 Å². The van der Waals surface area contributed by atoms with Gasteiger partial charge in [0, 0.05) is 6.54 Å². The van der Waals surface area contributed by atoms with Crippen LogP contribution in [-0.4, -0.2) is 29.9 Å². The molecule has 1 amide bonds. The van der Waals surface area contributed by atoms with Gasteiger partial charge >= 0.3 is 5.97 Å². The van der Waals surface area contributed by atoms with Crippen molar-refractivity contribution in [1.29, 1.82) is 0 Å². The minimum atomic E-state index is -0.405. The molecule has 1 unspecified atom stereocenters. The smallest absolute Gasteiger partial charge is 0.329 e. The molecule has 1 atom stereocenters. The molecular weight excluding hydrogens is 206 g/mol. The summed E-state index contributed by atoms with van der Waals surface area (Å²) in [7, 11) is 1.34. The van der Waals surface area contributed by atoms with Gasteiger partial charge in [0.2, 0.25) is 5.91 Å². The van der Waals surface area contributed by atoms with Crippen LogP contribution in [0.25, 0.3) is 0 Å². The summed E-state index contributed by atoms with van der Waals surface area (Å²) in [4.78, 5) is 24.3. The summed E-state index contributed by atoms with van der Waals surface area (Å²) in [6, 6.07) is 9.19. The molecule has 4 nitrogen and oxygen atoms in total. The first-order chi connectivity index (χ1) is 7.72. The fourth-order valence-corrected chi connectivity index (χ4v) is 1.78. The molecule has 0 spiro atoms. The highest BCUT2D eigenvalue weighted by molar-refractivity contribution is 5.94. The lowest BCUT2D eigenvalue weighted by Gasteiger charge is -2.38. The molecular formula is C12H13NO3. The molecule has 1 aliphatic heterocycles. The van der Waals surface area contributed by atoms with Crippen molar-refractivity contribution in [3.05, 3.63) is 35.9 Å². The number of ether oxygens (including phenoxy) is 1. The molecule has 1 heterocycles. The fraction of sp³-hybridized carbons (Fsp3) is 0.333. The van der Waals surface area contributed by atoms with Crippen molar-refractivity contribution in [3.63, 3.8) is 0 Å². The van der Waals surface area contributed by atoms with Gasteiger partial charge in [-0.3, -0.25) is 4.79 Å². The summed E-state index contributed by atoms with van der Waals surface area (Å²) < 4.78 is 4.64. The van der Waals surface area contributed by atoms with Crippen molar-refractivity contribution in [2.24, 2.45) is 0 Å². The predicted molar refractivity (Wildman–Crippen MR) is 57.4 cm³/mol. The van der Waals surface area contributed by atoms with Gasteiger partial charge in [-0.25, -0.2) is 4.79 Å². The Hall–Kier alpha value is -1.84. The number of hydrogen-bond acceptors (Lipinski definition) is 3. The van der Waals surface area contributed by atoms with E-state index in [1.807, 2.05) is 30.3 Å². The molecule has 1 aliphatic rings. The second-order valence-corrected chi connectivity index (χ2v) is 3.75. The highest BCUT2D eigenvalue weighted by atomic mass is 16.5. The molecule has 0 radical (unpaired) electrons. The van der Waals surface area contributed by atoms with Crippen LogP contribution in [0, 0.1) is 0 Å². The Balaban J connectivity index is 2.04. The molecule has 4 heteroatoms. The molecule has 1 aromatic rings. The molecule has 2 rings (SSSR count). The van der Waals surface area contributed by atoms with E-state index in [4.69, 9.17) is 0 Å². The molecule has 0 saturated carbocycles. The molecule has 1 fully saturated rings. The van der Waals surface area contributed by atoms with E-state index in [0.29, 0.717) is 6.54 Å². The standard InChI is InChI=1S/C12H13NO3/c1-16-12(15)10-7-11(14)13(10)8-9-5-3-2-4-6-9/h2-6,10H,7-8H2,1H3. The molecule has 16 heavy (non-hydrogen) atoms. The zero-order chi connectivity index (χ0) is 11.5. The number of likely N-dealkylation sites (tertiary alicyclic amines) is 1. The Morgan fingerprint density at radius 2 is 2.12 bits per heavy atom. The number of carbonyl (C=O) groups is 2. The predicted octanol–water partition coefficient (Wildman–Crippen LogP) is 0.960. The Kier molecular flexibility index (Phi) is 2.90. The van der Waals surface area contributed by atoms with Gasteiger partial charge in [-0.2, -0.15) is 0 Å². The van der Waals surface area contributed by atoms with E-state index in [-0.39, 0.29) is 18.3 Å². The van der Waals surface area contributed by atoms with Crippen LogP contribution in [0.15, 0.2) is 30.3 Å². The lowest BCUT2D eigenvalue weighted by molar-refractivity contribution is -0.165. The van der Waals surface area contributed by atoms with Crippen molar-refractivity contribution >= 4 is 11.9 Å². The van der Waals surface area contributed by atoms with Crippen LogP contribution >= 0.6 is 0 Å². The van der Waals surface area contributed by atoms with Gasteiger partial charge in [0.15, 0.2) is 0 Å². The maximum atomic E-state index is 11.4. The third-order valence-corrected chi connectivity index (χ3v) is 2.73. The maximum absolute atomic E-state index is 11.4. The maximum Gasteiger partial charge on any atom is 0.329 e. The van der Waals surface area contributed by atoms with Crippen LogP contribution in [0.2, 0.25) is 0 Å². The summed E-state index contributed by atoms with van der Waals surface area (Å²) in [5.41, 5.74) is 1.02. The van der Waals surface area contributed by atoms with Crippen LogP contribution in [0.5, 0.6) is 0 Å². The van der Waals surface area contributed by atoms with Gasteiger partial charge in [-0.05, 0) is 5.56 Å². The van der Waals surface area contributed by atoms with E-state index in [9.17, 15) is 9.59 Å². The molecule has 84 valence electrons. The van der Waals surface area contributed by atoms with Gasteiger partial charge in [0.1, 0.15) is 6.04 Å². The van der Waals surface area contributed by atoms with Gasteiger partial charge in [0.25, 0.3) is 0 Å². The lowest BCUT2D eigenvalue weighted by Crippen LogP contribution is -2.56. The first kappa shape index (κ1) is 10.7. The van der Waals surface area contributed by atoms with Crippen molar-refractivity contribution in [1.82, 2.24) is 4.90 Å². The third kappa shape index (κ3) is 1.91. The molecule has 0 bridgehead atoms. The normalized spacial score (nSPS) is 19.2. The average molecular weight is 219 g/mol. The Morgan fingerprint density at radius 1 is 1.44 bits per heavy atom. The third-order valence-electron chi connectivity index (χ3n) is 2.73. The highest BCUT2D eigenvalue weighted by Gasteiger charge is 2.41. The Morgan fingerprint density at radius 3 is 2.69 bits per heavy atom. The van der Waals surface area contributed by atoms with Crippen molar-refractivity contribution in [2.75, 3.05) is 7.11 Å². The van der Waals surface area contributed by atoms with Gasteiger partial charge in [-0.1, -0.05) is 30.3 Å². The van der Waals surface area contributed by atoms with E-state index in [2.05, 4.69) is 4.74 Å². The Labute approximate surface area is 93.8 Å². The summed E-state index contributed by atoms with van der Waals surface area (Å²) in [6.45, 7) is 0.472. The number of carbonyl (C=O) groups excluding carboxylic acids is 2. The van der Waals surface area contributed by atoms with Crippen LogP contribution in [-0.2, 0) is 20.9 Å². The highest BCUT2D eigenvalue weighted by Crippen LogP contribution is 2.22. The Bertz CT molecular complexity index is 402. The average Bonchev–Trinajstić information content (AvgIpc) is 2.33. The van der Waals surface area contributed by atoms with Crippen molar-refractivity contribution in [2.45, 2.75) is 19.0 Å². The summed E-state index contributed by atoms with van der Waals surface area (Å²) in [6.07, 6.45) is 0.263. The zero-order valence-corrected chi connectivity index (χ0v) is 9.05. The monoisotopic (exact) mass is 219 g/mol. The van der Waals surface area contributed by atoms with Gasteiger partial charge < -0.3 is 9.64 Å². The second kappa shape index (κ2) is 4.35. The van der Waals surface area contributed by atoms with Crippen LogP contribution in [0.4, 0.5) is 0 Å². The SMILES string of the molecule is COC(=O)C1CC(=O)N1Cc1ccccc1. The van der Waals surface area contributed by atoms with Gasteiger partial charge in [0.05, 0.1) is 13.5 Å². The van der Waals surface area contributed by atoms with Crippen LogP contribution in [0.1, 0.15) is 12.0 Å².